The minimum atomic E-state index is -2.93. The summed E-state index contributed by atoms with van der Waals surface area (Å²) in [4.78, 5) is 12.4. The molecule has 3 atom stereocenters. The van der Waals surface area contributed by atoms with Crippen LogP contribution in [0.3, 0.4) is 0 Å². The number of benzene rings is 1. The van der Waals surface area contributed by atoms with Gasteiger partial charge in [-0.15, -0.1) is 0 Å². The number of halogens is 1. The summed E-state index contributed by atoms with van der Waals surface area (Å²) in [6.07, 6.45) is 0.602. The number of carbonyl (C=O) groups is 1. The van der Waals surface area contributed by atoms with E-state index in [2.05, 4.69) is 16.2 Å². The van der Waals surface area contributed by atoms with Crippen molar-refractivity contribution in [1.29, 1.82) is 0 Å². The Kier molecular flexibility index (Phi) is 4.65. The normalized spacial score (nSPS) is 29.5. The van der Waals surface area contributed by atoms with Gasteiger partial charge in [0, 0.05) is 13.1 Å². The second-order valence-electron chi connectivity index (χ2n) is 6.18. The van der Waals surface area contributed by atoms with Crippen LogP contribution in [0.15, 0.2) is 24.3 Å². The van der Waals surface area contributed by atoms with Crippen LogP contribution in [-0.4, -0.2) is 38.9 Å². The highest BCUT2D eigenvalue weighted by Crippen LogP contribution is 2.25. The topological polar surface area (TPSA) is 87.3 Å². The number of carbonyl (C=O) groups excluding carboxylic acids is 1. The zero-order chi connectivity index (χ0) is 16.4. The Balaban J connectivity index is 1.59. The summed E-state index contributed by atoms with van der Waals surface area (Å²) in [7, 11) is -2.93. The summed E-state index contributed by atoms with van der Waals surface area (Å²) in [5.41, 5.74) is 6.83. The third-order valence-corrected chi connectivity index (χ3v) is 6.28. The molecule has 0 aliphatic carbocycles. The van der Waals surface area contributed by atoms with Crippen molar-refractivity contribution in [3.63, 3.8) is 0 Å². The van der Waals surface area contributed by atoms with Gasteiger partial charge in [-0.2, -0.15) is 0 Å². The Hall–Kier alpha value is -1.51. The zero-order valence-electron chi connectivity index (χ0n) is 12.6. The van der Waals surface area contributed by atoms with Crippen LogP contribution in [0.5, 0.6) is 0 Å². The molecule has 126 valence electrons. The molecule has 2 aliphatic rings. The second-order valence-corrected chi connectivity index (χ2v) is 8.40. The summed E-state index contributed by atoms with van der Waals surface area (Å²) in [5, 5.41) is 2.86. The molecule has 23 heavy (non-hydrogen) atoms. The van der Waals surface area contributed by atoms with Gasteiger partial charge in [0.2, 0.25) is 5.91 Å². The molecule has 1 aromatic carbocycles. The smallest absolute Gasteiger partial charge is 0.226 e. The summed E-state index contributed by atoms with van der Waals surface area (Å²) in [5.74, 6) is -0.410. The molecule has 8 heteroatoms. The lowest BCUT2D eigenvalue weighted by Crippen LogP contribution is -2.38. The maximum absolute atomic E-state index is 13.0. The van der Waals surface area contributed by atoms with Crippen LogP contribution in [0, 0.1) is 17.7 Å². The fourth-order valence-electron chi connectivity index (χ4n) is 3.14. The van der Waals surface area contributed by atoms with E-state index < -0.39 is 9.84 Å². The van der Waals surface area contributed by atoms with E-state index in [1.807, 2.05) is 0 Å². The number of nitrogens with one attached hydrogen (secondary N) is 3. The molecule has 3 rings (SSSR count). The standard InChI is InChI=1S/C15H20FN3O3S/c16-12-3-1-11(2-4-12)14-13(8-18-19-14)15(20)17-7-10-5-6-23(21,22)9-10/h1-4,10,13-14,18-19H,5-9H2,(H,17,20). The highest BCUT2D eigenvalue weighted by molar-refractivity contribution is 7.91. The van der Waals surface area contributed by atoms with Crippen LogP contribution in [-0.2, 0) is 14.6 Å². The molecule has 2 saturated heterocycles. The molecule has 0 spiro atoms. The molecule has 2 heterocycles. The molecule has 2 fully saturated rings. The highest BCUT2D eigenvalue weighted by atomic mass is 32.2. The van der Waals surface area contributed by atoms with Crippen molar-refractivity contribution in [3.8, 4) is 0 Å². The van der Waals surface area contributed by atoms with Gasteiger partial charge < -0.3 is 5.32 Å². The Morgan fingerprint density at radius 3 is 2.70 bits per heavy atom. The molecule has 6 nitrogen and oxygen atoms in total. The minimum Gasteiger partial charge on any atom is -0.355 e. The van der Waals surface area contributed by atoms with Crippen LogP contribution < -0.4 is 16.2 Å². The summed E-state index contributed by atoms with van der Waals surface area (Å²) < 4.78 is 35.9. The van der Waals surface area contributed by atoms with Crippen LogP contribution in [0.2, 0.25) is 0 Å². The number of rotatable bonds is 4. The van der Waals surface area contributed by atoms with E-state index in [9.17, 15) is 17.6 Å². The largest absolute Gasteiger partial charge is 0.355 e. The van der Waals surface area contributed by atoms with E-state index in [0.29, 0.717) is 19.5 Å². The number of sulfone groups is 1. The maximum atomic E-state index is 13.0. The van der Waals surface area contributed by atoms with E-state index in [1.165, 1.54) is 12.1 Å². The lowest BCUT2D eigenvalue weighted by molar-refractivity contribution is -0.125. The number of hydrogen-bond acceptors (Lipinski definition) is 5. The predicted octanol–water partition coefficient (Wildman–Crippen LogP) is 0.142. The van der Waals surface area contributed by atoms with Crippen molar-refractivity contribution >= 4 is 15.7 Å². The maximum Gasteiger partial charge on any atom is 0.226 e. The molecule has 2 aliphatic heterocycles. The molecule has 0 radical (unpaired) electrons. The van der Waals surface area contributed by atoms with Crippen molar-refractivity contribution in [2.24, 2.45) is 11.8 Å². The number of amides is 1. The van der Waals surface area contributed by atoms with E-state index in [4.69, 9.17) is 0 Å². The van der Waals surface area contributed by atoms with Gasteiger partial charge in [-0.3, -0.25) is 10.2 Å². The lowest BCUT2D eigenvalue weighted by Gasteiger charge is -2.19. The summed E-state index contributed by atoms with van der Waals surface area (Å²) in [6, 6.07) is 5.82. The fourth-order valence-corrected chi connectivity index (χ4v) is 5.00. The van der Waals surface area contributed by atoms with Gasteiger partial charge in [-0.1, -0.05) is 12.1 Å². The van der Waals surface area contributed by atoms with Crippen molar-refractivity contribution in [1.82, 2.24) is 16.2 Å². The first-order valence-corrected chi connectivity index (χ1v) is 9.49. The molecule has 1 amide bonds. The average Bonchev–Trinajstić information content (AvgIpc) is 3.12. The number of hydrazine groups is 1. The molecular weight excluding hydrogens is 321 g/mol. The van der Waals surface area contributed by atoms with Gasteiger partial charge in [0.25, 0.3) is 0 Å². The van der Waals surface area contributed by atoms with Gasteiger partial charge in [0.15, 0.2) is 9.84 Å². The third-order valence-electron chi connectivity index (χ3n) is 4.44. The fraction of sp³-hybridized carbons (Fsp3) is 0.533. The molecular formula is C15H20FN3O3S. The number of hydrogen-bond donors (Lipinski definition) is 3. The summed E-state index contributed by atoms with van der Waals surface area (Å²) in [6.45, 7) is 0.849. The van der Waals surface area contributed by atoms with Crippen LogP contribution in [0.1, 0.15) is 18.0 Å². The van der Waals surface area contributed by atoms with Crippen molar-refractivity contribution in [2.45, 2.75) is 12.5 Å². The van der Waals surface area contributed by atoms with Gasteiger partial charge >= 0.3 is 0 Å². The van der Waals surface area contributed by atoms with Crippen LogP contribution in [0.25, 0.3) is 0 Å². The first kappa shape index (κ1) is 16.4. The van der Waals surface area contributed by atoms with Gasteiger partial charge in [-0.25, -0.2) is 18.2 Å². The first-order valence-electron chi connectivity index (χ1n) is 7.66. The third kappa shape index (κ3) is 3.88. The van der Waals surface area contributed by atoms with Crippen molar-refractivity contribution in [3.05, 3.63) is 35.6 Å². The molecule has 1 aromatic rings. The average molecular weight is 341 g/mol. The second kappa shape index (κ2) is 6.54. The van der Waals surface area contributed by atoms with E-state index in [1.54, 1.807) is 12.1 Å². The van der Waals surface area contributed by atoms with Crippen LogP contribution in [0.4, 0.5) is 4.39 Å². The van der Waals surface area contributed by atoms with Gasteiger partial charge in [-0.05, 0) is 30.0 Å². The van der Waals surface area contributed by atoms with Gasteiger partial charge in [0.05, 0.1) is 23.5 Å². The molecule has 0 saturated carbocycles. The summed E-state index contributed by atoms with van der Waals surface area (Å²) >= 11 is 0. The van der Waals surface area contributed by atoms with Crippen LogP contribution >= 0.6 is 0 Å². The van der Waals surface area contributed by atoms with E-state index in [0.717, 1.165) is 5.56 Å². The Labute approximate surface area is 134 Å². The molecule has 0 aromatic heterocycles. The predicted molar refractivity (Wildman–Crippen MR) is 83.5 cm³/mol. The molecule has 3 unspecified atom stereocenters. The zero-order valence-corrected chi connectivity index (χ0v) is 13.4. The Morgan fingerprint density at radius 1 is 1.30 bits per heavy atom. The van der Waals surface area contributed by atoms with Crippen molar-refractivity contribution in [2.75, 3.05) is 24.6 Å². The van der Waals surface area contributed by atoms with E-state index in [-0.39, 0.29) is 41.1 Å². The highest BCUT2D eigenvalue weighted by Gasteiger charge is 2.35. The van der Waals surface area contributed by atoms with Gasteiger partial charge in [0.1, 0.15) is 5.82 Å². The lowest BCUT2D eigenvalue weighted by atomic mass is 9.94. The SMILES string of the molecule is O=C(NCC1CCS(=O)(=O)C1)C1CNNC1c1ccc(F)cc1. The Morgan fingerprint density at radius 2 is 2.04 bits per heavy atom. The molecule has 0 bridgehead atoms. The van der Waals surface area contributed by atoms with Crippen molar-refractivity contribution < 1.29 is 17.6 Å². The van der Waals surface area contributed by atoms with E-state index >= 15 is 0 Å². The first-order chi connectivity index (χ1) is 10.9. The Bertz CT molecular complexity index is 678. The molecule has 3 N–H and O–H groups in total. The quantitative estimate of drug-likeness (QED) is 0.725. The monoisotopic (exact) mass is 341 g/mol. The minimum absolute atomic E-state index is 0.00413.